The Labute approximate surface area is 273 Å². The third-order valence-corrected chi connectivity index (χ3v) is 7.85. The lowest BCUT2D eigenvalue weighted by molar-refractivity contribution is -0.114. The molecule has 11 nitrogen and oxygen atoms in total. The second-order valence-electron chi connectivity index (χ2n) is 11.0. The summed E-state index contributed by atoms with van der Waals surface area (Å²) in [5.41, 5.74) is 3.51. The molecule has 0 saturated heterocycles. The molecule has 46 heavy (non-hydrogen) atoms. The summed E-state index contributed by atoms with van der Waals surface area (Å²) in [6.07, 6.45) is 8.73. The minimum Gasteiger partial charge on any atom is -0.497 e. The van der Waals surface area contributed by atoms with Crippen LogP contribution < -0.4 is 24.6 Å². The third kappa shape index (κ3) is 7.27. The zero-order valence-electron chi connectivity index (χ0n) is 26.4. The Kier molecular flexibility index (Phi) is 10.1. The molecule has 0 fully saturated rings. The highest BCUT2D eigenvalue weighted by atomic mass is 35.5. The number of anilines is 4. The Hall–Kier alpha value is -5.00. The lowest BCUT2D eigenvalue weighted by Crippen LogP contribution is -2.49. The average Bonchev–Trinajstić information content (AvgIpc) is 3.05. The number of allylic oxidation sites excluding steroid dienone is 1. The first-order valence-corrected chi connectivity index (χ1v) is 15.0. The van der Waals surface area contributed by atoms with Gasteiger partial charge >= 0.3 is 6.03 Å². The topological polar surface area (TPSA) is 113 Å². The number of hydrogen-bond donors (Lipinski definition) is 1. The minimum atomic E-state index is -0.485. The van der Waals surface area contributed by atoms with Gasteiger partial charge in [0, 0.05) is 43.1 Å². The molecule has 2 aromatic carbocycles. The summed E-state index contributed by atoms with van der Waals surface area (Å²) < 4.78 is 11.0. The van der Waals surface area contributed by atoms with Gasteiger partial charge in [-0.2, -0.15) is 4.98 Å². The van der Waals surface area contributed by atoms with E-state index in [1.165, 1.54) is 14.2 Å². The van der Waals surface area contributed by atoms with Gasteiger partial charge in [-0.25, -0.2) is 9.78 Å². The van der Waals surface area contributed by atoms with Gasteiger partial charge in [0.2, 0.25) is 5.95 Å². The number of pyridine rings is 1. The van der Waals surface area contributed by atoms with Crippen LogP contribution in [0.2, 0.25) is 5.02 Å². The van der Waals surface area contributed by atoms with Gasteiger partial charge in [0.25, 0.3) is 0 Å². The second kappa shape index (κ2) is 14.4. The van der Waals surface area contributed by atoms with Crippen molar-refractivity contribution in [2.24, 2.45) is 0 Å². The fourth-order valence-electron chi connectivity index (χ4n) is 5.13. The Balaban J connectivity index is 1.54. The van der Waals surface area contributed by atoms with Crippen molar-refractivity contribution in [3.05, 3.63) is 101 Å². The quantitative estimate of drug-likeness (QED) is 0.180. The van der Waals surface area contributed by atoms with Gasteiger partial charge in [-0.3, -0.25) is 19.6 Å². The molecule has 12 heteroatoms. The van der Waals surface area contributed by atoms with Gasteiger partial charge < -0.3 is 19.7 Å². The molecule has 2 aromatic heterocycles. The fraction of sp³-hybridized carbons (Fsp3) is 0.265. The van der Waals surface area contributed by atoms with Crippen LogP contribution in [0.4, 0.5) is 27.9 Å². The van der Waals surface area contributed by atoms with Crippen molar-refractivity contribution in [2.45, 2.75) is 25.9 Å². The van der Waals surface area contributed by atoms with Crippen molar-refractivity contribution in [1.29, 1.82) is 0 Å². The van der Waals surface area contributed by atoms with Crippen LogP contribution in [0, 0.1) is 0 Å². The van der Waals surface area contributed by atoms with Crippen LogP contribution in [0.1, 0.15) is 29.7 Å². The molecular formula is C34H36ClN7O4. The molecule has 0 radical (unpaired) electrons. The fourth-order valence-corrected chi connectivity index (χ4v) is 5.42. The lowest BCUT2D eigenvalue weighted by atomic mass is 10.00. The molecule has 1 aliphatic heterocycles. The molecule has 0 spiro atoms. The molecule has 1 unspecified atom stereocenters. The molecule has 0 aliphatic carbocycles. The number of halogens is 1. The zero-order chi connectivity index (χ0) is 32.8. The highest BCUT2D eigenvalue weighted by molar-refractivity contribution is 6.35. The number of aromatic nitrogens is 3. The van der Waals surface area contributed by atoms with Crippen LogP contribution in [0.3, 0.4) is 0 Å². The van der Waals surface area contributed by atoms with Crippen molar-refractivity contribution in [3.8, 4) is 11.5 Å². The first kappa shape index (κ1) is 32.4. The molecule has 1 atom stereocenters. The Morgan fingerprint density at radius 2 is 1.96 bits per heavy atom. The maximum Gasteiger partial charge on any atom is 0.331 e. The Morgan fingerprint density at radius 1 is 1.13 bits per heavy atom. The largest absolute Gasteiger partial charge is 0.497 e. The van der Waals surface area contributed by atoms with Gasteiger partial charge in [-0.1, -0.05) is 41.9 Å². The second-order valence-corrected chi connectivity index (χ2v) is 11.4. The summed E-state index contributed by atoms with van der Waals surface area (Å²) in [6.45, 7) is 2.76. The van der Waals surface area contributed by atoms with Crippen LogP contribution in [0.15, 0.2) is 79.3 Å². The summed E-state index contributed by atoms with van der Waals surface area (Å²) in [6, 6.07) is 13.9. The number of carbonyl (C=O) groups is 2. The van der Waals surface area contributed by atoms with Crippen molar-refractivity contribution in [3.63, 3.8) is 0 Å². The predicted molar refractivity (Wildman–Crippen MR) is 179 cm³/mol. The number of fused-ring (bicyclic) bond motifs is 1. The van der Waals surface area contributed by atoms with Crippen LogP contribution >= 0.6 is 11.6 Å². The van der Waals surface area contributed by atoms with Gasteiger partial charge in [0.05, 0.1) is 44.4 Å². The van der Waals surface area contributed by atoms with E-state index in [1.807, 2.05) is 62.3 Å². The van der Waals surface area contributed by atoms with E-state index >= 15 is 0 Å². The predicted octanol–water partition coefficient (Wildman–Crippen LogP) is 6.22. The van der Waals surface area contributed by atoms with Crippen LogP contribution in [-0.4, -0.2) is 66.5 Å². The summed E-state index contributed by atoms with van der Waals surface area (Å²) >= 11 is 6.77. The van der Waals surface area contributed by atoms with E-state index in [1.54, 1.807) is 52.7 Å². The molecule has 1 N–H and O–H groups in total. The maximum atomic E-state index is 14.5. The summed E-state index contributed by atoms with van der Waals surface area (Å²) in [5, 5.41) is 3.44. The van der Waals surface area contributed by atoms with E-state index in [-0.39, 0.29) is 29.8 Å². The molecule has 0 bridgehead atoms. The number of benzene rings is 2. The standard InChI is InChI=1S/C34H36ClN7O4/c1-22(24-10-6-9-23(15-24)16-27(43)12-8-14-40(2)3)42-32-25(19-37-33(39-32)38-26-11-7-13-36-20-26)21-41(34(42)44)29-17-28(45-4)18-30(46-5)31(29)35/h6-13,15,17-20,22H,14,16,21H2,1-5H3,(H,37,38,39)/b12-8+. The number of nitrogens with one attached hydrogen (secondary N) is 1. The van der Waals surface area contributed by atoms with E-state index < -0.39 is 6.04 Å². The third-order valence-electron chi connectivity index (χ3n) is 7.47. The Bertz CT molecular complexity index is 1750. The monoisotopic (exact) mass is 641 g/mol. The van der Waals surface area contributed by atoms with E-state index in [0.29, 0.717) is 46.7 Å². The maximum absolute atomic E-state index is 14.5. The number of carbonyl (C=O) groups excluding carboxylic acids is 2. The molecule has 5 rings (SSSR count). The molecule has 238 valence electrons. The van der Waals surface area contributed by atoms with Gasteiger partial charge in [0.1, 0.15) is 22.3 Å². The van der Waals surface area contributed by atoms with Crippen molar-refractivity contribution >= 4 is 46.6 Å². The van der Waals surface area contributed by atoms with E-state index in [9.17, 15) is 9.59 Å². The first-order chi connectivity index (χ1) is 22.2. The molecule has 3 heterocycles. The van der Waals surface area contributed by atoms with Crippen LogP contribution in [0.25, 0.3) is 0 Å². The van der Waals surface area contributed by atoms with Gasteiger partial charge in [-0.05, 0) is 50.4 Å². The number of likely N-dealkylation sites (N-methyl/N-ethyl adjacent to an activating group) is 1. The first-order valence-electron chi connectivity index (χ1n) is 14.7. The normalized spacial score (nSPS) is 13.6. The van der Waals surface area contributed by atoms with E-state index in [2.05, 4.69) is 15.3 Å². The molecule has 1 aliphatic rings. The number of methoxy groups -OCH3 is 2. The van der Waals surface area contributed by atoms with Crippen LogP contribution in [-0.2, 0) is 17.8 Å². The Morgan fingerprint density at radius 3 is 2.67 bits per heavy atom. The lowest BCUT2D eigenvalue weighted by Gasteiger charge is -2.39. The SMILES string of the molecule is COc1cc(OC)c(Cl)c(N2Cc3cnc(Nc4cccnc4)nc3N(C(C)c3cccc(CC(=O)/C=C/CN(C)C)c3)C2=O)c1. The molecule has 2 amide bonds. The number of ketones is 1. The number of amides is 2. The molecule has 4 aromatic rings. The number of rotatable bonds is 12. The van der Waals surface area contributed by atoms with E-state index in [0.717, 1.165) is 11.1 Å². The highest BCUT2D eigenvalue weighted by Crippen LogP contribution is 2.43. The highest BCUT2D eigenvalue weighted by Gasteiger charge is 2.38. The van der Waals surface area contributed by atoms with Gasteiger partial charge in [-0.15, -0.1) is 0 Å². The summed E-state index contributed by atoms with van der Waals surface area (Å²) in [4.78, 5) is 45.8. The number of nitrogens with zero attached hydrogens (tertiary/aromatic N) is 6. The number of ether oxygens (including phenoxy) is 2. The van der Waals surface area contributed by atoms with Crippen molar-refractivity contribution in [1.82, 2.24) is 19.9 Å². The number of hydrogen-bond acceptors (Lipinski definition) is 9. The summed E-state index contributed by atoms with van der Waals surface area (Å²) in [5.74, 6) is 1.62. The minimum absolute atomic E-state index is 0.00213. The smallest absolute Gasteiger partial charge is 0.331 e. The van der Waals surface area contributed by atoms with Gasteiger partial charge in [0.15, 0.2) is 5.78 Å². The van der Waals surface area contributed by atoms with Crippen molar-refractivity contribution < 1.29 is 19.1 Å². The summed E-state index contributed by atoms with van der Waals surface area (Å²) in [7, 11) is 6.94. The average molecular weight is 642 g/mol. The van der Waals surface area contributed by atoms with Crippen LogP contribution in [0.5, 0.6) is 11.5 Å². The zero-order valence-corrected chi connectivity index (χ0v) is 27.2. The molecule has 0 saturated carbocycles. The van der Waals surface area contributed by atoms with Crippen molar-refractivity contribution in [2.75, 3.05) is 50.0 Å². The van der Waals surface area contributed by atoms with E-state index in [4.69, 9.17) is 26.1 Å². The molecular weight excluding hydrogens is 606 g/mol. The number of urea groups is 1.